The molecule has 8 heteroatoms. The number of nitrogens with one attached hydrogen (secondary N) is 1. The smallest absolute Gasteiger partial charge is 0.140 e. The zero-order chi connectivity index (χ0) is 53.1. The van der Waals surface area contributed by atoms with Crippen LogP contribution in [0.3, 0.4) is 0 Å². The second-order valence-corrected chi connectivity index (χ2v) is 25.9. The molecule has 0 saturated heterocycles. The van der Waals surface area contributed by atoms with Gasteiger partial charge < -0.3 is 9.72 Å². The Balaban J connectivity index is 0.000000161. The van der Waals surface area contributed by atoms with Crippen molar-refractivity contribution >= 4 is 44.3 Å². The van der Waals surface area contributed by atoms with E-state index >= 15 is 0 Å². The molecule has 2 aromatic carbocycles. The first-order valence-corrected chi connectivity index (χ1v) is 26.5. The van der Waals surface area contributed by atoms with Crippen LogP contribution < -0.4 is 5.32 Å². The Morgan fingerprint density at radius 3 is 1.72 bits per heavy atom. The fraction of sp³-hybridized carbons (Fsp3) is 0.422. The zero-order valence-electron chi connectivity index (χ0n) is 47.1. The molecule has 0 bridgehead atoms. The van der Waals surface area contributed by atoms with Gasteiger partial charge in [0.1, 0.15) is 5.65 Å². The van der Waals surface area contributed by atoms with E-state index in [1.807, 2.05) is 61.6 Å². The highest BCUT2D eigenvalue weighted by Crippen LogP contribution is 2.32. The molecule has 0 amide bonds. The van der Waals surface area contributed by atoms with E-state index < -0.39 is 0 Å². The lowest BCUT2D eigenvalue weighted by molar-refractivity contribution is 0.527. The molecule has 10 rings (SSSR count). The fourth-order valence-corrected chi connectivity index (χ4v) is 9.04. The van der Waals surface area contributed by atoms with Gasteiger partial charge in [-0.1, -0.05) is 173 Å². The largest absolute Gasteiger partial charge is 0.309 e. The summed E-state index contributed by atoms with van der Waals surface area (Å²) >= 11 is 1.78. The third-order valence-electron chi connectivity index (χ3n) is 12.5. The van der Waals surface area contributed by atoms with Gasteiger partial charge in [0.15, 0.2) is 0 Å². The first-order valence-electron chi connectivity index (χ1n) is 25.6. The Bertz CT molecular complexity index is 2940. The first-order chi connectivity index (χ1) is 33.5. The van der Waals surface area contributed by atoms with Crippen molar-refractivity contribution in [1.29, 1.82) is 0 Å². The summed E-state index contributed by atoms with van der Waals surface area (Å²) in [4.78, 5) is 21.3. The number of benzene rings is 2. The molecule has 0 aliphatic carbocycles. The SMILES string of the molecule is CC(C)(C)C1=CCN=C1.CC(C)(C)c1ccc2c(c1)CNC2.CC(C)(C)c1ccc2ncccc2c1.CC(C)(C)c1ccccn1.CC(C)(C)c1cccn2ccnc12.CC(C)(C)c1ccnc2ccsc12. The van der Waals surface area contributed by atoms with E-state index in [-0.39, 0.29) is 27.1 Å². The van der Waals surface area contributed by atoms with Gasteiger partial charge in [0.25, 0.3) is 0 Å². The van der Waals surface area contributed by atoms with Gasteiger partial charge in [-0.25, -0.2) is 4.98 Å². The number of aliphatic imine (C=N–C) groups is 1. The van der Waals surface area contributed by atoms with E-state index in [1.165, 1.54) is 49.0 Å². The maximum absolute atomic E-state index is 4.35. The van der Waals surface area contributed by atoms with Gasteiger partial charge in [-0.3, -0.25) is 19.9 Å². The minimum absolute atomic E-state index is 0.161. The van der Waals surface area contributed by atoms with Gasteiger partial charge >= 0.3 is 0 Å². The topological polar surface area (TPSA) is 80.4 Å². The number of pyridine rings is 4. The van der Waals surface area contributed by atoms with Crippen LogP contribution in [0, 0.1) is 5.41 Å². The maximum atomic E-state index is 4.35. The summed E-state index contributed by atoms with van der Waals surface area (Å²) in [5, 5.41) is 6.69. The minimum Gasteiger partial charge on any atom is -0.309 e. The minimum atomic E-state index is 0.161. The van der Waals surface area contributed by atoms with E-state index in [1.54, 1.807) is 11.3 Å². The van der Waals surface area contributed by atoms with Crippen molar-refractivity contribution in [3.63, 3.8) is 0 Å². The Labute approximate surface area is 437 Å². The van der Waals surface area contributed by atoms with Crippen molar-refractivity contribution in [2.24, 2.45) is 10.4 Å². The van der Waals surface area contributed by atoms with Gasteiger partial charge in [-0.05, 0) is 114 Å². The molecule has 0 spiro atoms. The molecule has 0 radical (unpaired) electrons. The van der Waals surface area contributed by atoms with Crippen molar-refractivity contribution in [3.05, 3.63) is 184 Å². The van der Waals surface area contributed by atoms with Crippen molar-refractivity contribution in [2.45, 2.75) is 165 Å². The predicted molar refractivity (Wildman–Crippen MR) is 312 cm³/mol. The van der Waals surface area contributed by atoms with E-state index in [4.69, 9.17) is 0 Å². The molecule has 1 N–H and O–H groups in total. The highest BCUT2D eigenvalue weighted by atomic mass is 32.1. The summed E-state index contributed by atoms with van der Waals surface area (Å²) < 4.78 is 3.38. The molecule has 6 aromatic heterocycles. The lowest BCUT2D eigenvalue weighted by atomic mass is 9.85. The molecule has 8 heterocycles. The molecular weight excluding hydrogens is 899 g/mol. The summed E-state index contributed by atoms with van der Waals surface area (Å²) in [5.74, 6) is 0. The van der Waals surface area contributed by atoms with Crippen molar-refractivity contribution in [3.8, 4) is 0 Å². The number of thiophene rings is 1. The number of imidazole rings is 1. The van der Waals surface area contributed by atoms with Crippen LogP contribution in [0.2, 0.25) is 0 Å². The lowest BCUT2D eigenvalue weighted by Gasteiger charge is -2.19. The molecule has 382 valence electrons. The Hall–Kier alpha value is -5.83. The predicted octanol–water partition coefficient (Wildman–Crippen LogP) is 16.8. The quantitative estimate of drug-likeness (QED) is 0.164. The summed E-state index contributed by atoms with van der Waals surface area (Å²) in [6.07, 6.45) is 15.6. The van der Waals surface area contributed by atoms with Gasteiger partial charge in [-0.2, -0.15) is 0 Å². The van der Waals surface area contributed by atoms with Gasteiger partial charge in [0, 0.05) is 78.5 Å². The van der Waals surface area contributed by atoms with Crippen LogP contribution in [0.15, 0.2) is 150 Å². The second kappa shape index (κ2) is 23.8. The van der Waals surface area contributed by atoms with Gasteiger partial charge in [0.2, 0.25) is 0 Å². The average molecular weight is 984 g/mol. The van der Waals surface area contributed by atoms with Gasteiger partial charge in [-0.15, -0.1) is 11.3 Å². The molecule has 2 aliphatic heterocycles. The van der Waals surface area contributed by atoms with Crippen LogP contribution in [-0.2, 0) is 40.2 Å². The Morgan fingerprint density at radius 1 is 0.486 bits per heavy atom. The van der Waals surface area contributed by atoms with Crippen LogP contribution in [0.4, 0.5) is 0 Å². The number of hydrogen-bond donors (Lipinski definition) is 1. The average Bonchev–Trinajstić information content (AvgIpc) is 4.16. The highest BCUT2D eigenvalue weighted by molar-refractivity contribution is 7.17. The zero-order valence-corrected chi connectivity index (χ0v) is 47.9. The fourth-order valence-electron chi connectivity index (χ4n) is 7.96. The van der Waals surface area contributed by atoms with Crippen LogP contribution in [0.25, 0.3) is 26.8 Å². The number of nitrogens with zero attached hydrogens (tertiary/aromatic N) is 6. The third-order valence-corrected chi connectivity index (χ3v) is 13.4. The molecule has 2 aliphatic rings. The summed E-state index contributed by atoms with van der Waals surface area (Å²) in [6.45, 7) is 42.9. The highest BCUT2D eigenvalue weighted by Gasteiger charge is 2.20. The Kier molecular flexibility index (Phi) is 18.9. The third kappa shape index (κ3) is 16.6. The first kappa shape index (κ1) is 57.1. The number of fused-ring (bicyclic) bond motifs is 4. The number of aromatic nitrogens is 5. The normalized spacial score (nSPS) is 13.5. The number of rotatable bonds is 0. The number of allylic oxidation sites excluding steroid dienone is 1. The maximum Gasteiger partial charge on any atom is 0.140 e. The van der Waals surface area contributed by atoms with Crippen LogP contribution in [0.1, 0.15) is 164 Å². The Morgan fingerprint density at radius 2 is 1.14 bits per heavy atom. The summed E-state index contributed by atoms with van der Waals surface area (Å²) in [7, 11) is 0. The monoisotopic (exact) mass is 984 g/mol. The van der Waals surface area contributed by atoms with Crippen molar-refractivity contribution < 1.29 is 0 Å². The van der Waals surface area contributed by atoms with Crippen LogP contribution in [0.5, 0.6) is 0 Å². The molecule has 72 heavy (non-hydrogen) atoms. The van der Waals surface area contributed by atoms with E-state index in [0.29, 0.717) is 5.41 Å². The van der Waals surface area contributed by atoms with E-state index in [2.05, 4.69) is 244 Å². The molecule has 0 unspecified atom stereocenters. The van der Waals surface area contributed by atoms with Crippen molar-refractivity contribution in [1.82, 2.24) is 29.7 Å². The molecule has 0 atom stereocenters. The standard InChI is InChI=1S/C13H15N.C12H17N.C11H14N2.C11H13NS.C9H13N.C8H13N/c1-13(2,3)11-6-7-12-10(9-11)5-4-8-14-12;1-12(2,3)11-5-4-9-7-13-8-10(9)6-11;1-11(2,3)9-5-4-7-13-8-6-12-10(9)13;1-11(2,3)8-4-6-12-9-5-7-13-10(8)9;1-9(2,3)8-6-4-5-7-10-8;1-8(2,3)7-4-5-9-6-7/h4-9H,1-3H3;4-6,13H,7-8H2,1-3H3;4-8H,1-3H3;4-7H,1-3H3;4-7H,1-3H3;4,6H,5H2,1-3H3. The molecule has 8 aromatic rings. The molecular formula is C64H85N7S. The van der Waals surface area contributed by atoms with E-state index in [9.17, 15) is 0 Å². The number of hydrogen-bond acceptors (Lipinski definition) is 7. The second-order valence-electron chi connectivity index (χ2n) is 24.9. The van der Waals surface area contributed by atoms with Crippen LogP contribution in [-0.4, -0.2) is 37.1 Å². The summed E-state index contributed by atoms with van der Waals surface area (Å²) in [5.41, 5.74) is 15.5. The molecule has 0 saturated carbocycles. The van der Waals surface area contributed by atoms with Crippen LogP contribution >= 0.6 is 11.3 Å². The lowest BCUT2D eigenvalue weighted by Crippen LogP contribution is -2.12. The van der Waals surface area contributed by atoms with Crippen molar-refractivity contribution in [2.75, 3.05) is 6.54 Å². The van der Waals surface area contributed by atoms with Gasteiger partial charge in [0.05, 0.1) is 22.3 Å². The van der Waals surface area contributed by atoms with E-state index in [0.717, 1.165) is 42.0 Å². The molecule has 0 fully saturated rings. The summed E-state index contributed by atoms with van der Waals surface area (Å²) in [6, 6.07) is 31.9. The molecule has 7 nitrogen and oxygen atoms in total.